The molecule has 1 aliphatic carbocycles. The summed E-state index contributed by atoms with van der Waals surface area (Å²) in [5.41, 5.74) is -9.61. The predicted octanol–water partition coefficient (Wildman–Crippen LogP) is 6.09. The van der Waals surface area contributed by atoms with Crippen LogP contribution in [0.2, 0.25) is 0 Å². The second-order valence-corrected chi connectivity index (χ2v) is 8.37. The highest BCUT2D eigenvalue weighted by Crippen LogP contribution is 2.80. The standard InChI is InChI=1S/C23H18F6N2O3/c1-19(2)20(13-30,12-16(22(24,25)26)23(27,28)29)21(19,18(32)33)11-14-7-6-10-17(31-14)34-15-8-4-3-5-9-15/h3-10,12H,11H2,1-2H3,(H,32,33). The van der Waals surface area contributed by atoms with E-state index in [0.29, 0.717) is 5.75 Å². The highest BCUT2D eigenvalue weighted by Gasteiger charge is 2.87. The monoisotopic (exact) mass is 484 g/mol. The van der Waals surface area contributed by atoms with Crippen molar-refractivity contribution in [2.24, 2.45) is 16.2 Å². The van der Waals surface area contributed by atoms with Gasteiger partial charge in [0.25, 0.3) is 0 Å². The minimum Gasteiger partial charge on any atom is -0.481 e. The van der Waals surface area contributed by atoms with Crippen molar-refractivity contribution in [1.82, 2.24) is 4.98 Å². The van der Waals surface area contributed by atoms with Gasteiger partial charge in [0.15, 0.2) is 0 Å². The van der Waals surface area contributed by atoms with E-state index >= 15 is 0 Å². The molecule has 0 amide bonds. The van der Waals surface area contributed by atoms with E-state index in [1.54, 1.807) is 30.3 Å². The molecule has 0 aliphatic heterocycles. The quantitative estimate of drug-likeness (QED) is 0.397. The van der Waals surface area contributed by atoms with Crippen LogP contribution >= 0.6 is 0 Å². The van der Waals surface area contributed by atoms with E-state index in [-0.39, 0.29) is 17.6 Å². The number of benzene rings is 1. The summed E-state index contributed by atoms with van der Waals surface area (Å²) >= 11 is 0. The molecular formula is C23H18F6N2O3. The third-order valence-electron chi connectivity index (χ3n) is 6.37. The maximum Gasteiger partial charge on any atom is 0.421 e. The zero-order valence-corrected chi connectivity index (χ0v) is 17.8. The average Bonchev–Trinajstić information content (AvgIpc) is 3.14. The van der Waals surface area contributed by atoms with Gasteiger partial charge in [-0.15, -0.1) is 0 Å². The Hall–Kier alpha value is -3.55. The number of carboxylic acids is 1. The minimum absolute atomic E-state index is 0.0231. The number of nitrogens with zero attached hydrogens (tertiary/aromatic N) is 2. The van der Waals surface area contributed by atoms with Crippen LogP contribution in [0.15, 0.2) is 60.2 Å². The molecule has 180 valence electrons. The van der Waals surface area contributed by atoms with Crippen molar-refractivity contribution in [3.8, 4) is 17.7 Å². The molecule has 11 heteroatoms. The van der Waals surface area contributed by atoms with Gasteiger partial charge in [-0.2, -0.15) is 31.6 Å². The fraction of sp³-hybridized carbons (Fsp3) is 0.348. The molecule has 1 aromatic heterocycles. The summed E-state index contributed by atoms with van der Waals surface area (Å²) in [4.78, 5) is 16.5. The van der Waals surface area contributed by atoms with E-state index in [9.17, 15) is 41.5 Å². The Morgan fingerprint density at radius 1 is 1.06 bits per heavy atom. The number of aliphatic carboxylic acids is 1. The van der Waals surface area contributed by atoms with Crippen LogP contribution in [0.4, 0.5) is 26.3 Å². The molecule has 1 fully saturated rings. The molecule has 2 atom stereocenters. The van der Waals surface area contributed by atoms with Crippen molar-refractivity contribution >= 4 is 5.97 Å². The number of hydrogen-bond donors (Lipinski definition) is 1. The molecule has 3 rings (SSSR count). The molecule has 0 spiro atoms. The number of hydrogen-bond acceptors (Lipinski definition) is 4. The van der Waals surface area contributed by atoms with Crippen LogP contribution in [-0.2, 0) is 11.2 Å². The first kappa shape index (κ1) is 25.1. The first-order chi connectivity index (χ1) is 15.6. The van der Waals surface area contributed by atoms with Gasteiger partial charge >= 0.3 is 18.3 Å². The number of pyridine rings is 1. The van der Waals surface area contributed by atoms with E-state index in [1.165, 1.54) is 24.3 Å². The van der Waals surface area contributed by atoms with Crippen molar-refractivity contribution in [2.45, 2.75) is 32.6 Å². The Balaban J connectivity index is 2.08. The van der Waals surface area contributed by atoms with Gasteiger partial charge in [-0.25, -0.2) is 4.98 Å². The number of halogens is 6. The number of para-hydroxylation sites is 1. The van der Waals surface area contributed by atoms with Gasteiger partial charge in [0.1, 0.15) is 16.7 Å². The molecule has 0 bridgehead atoms. The second-order valence-electron chi connectivity index (χ2n) is 8.37. The van der Waals surface area contributed by atoms with E-state index < -0.39 is 46.6 Å². The maximum atomic E-state index is 13.2. The summed E-state index contributed by atoms with van der Waals surface area (Å²) in [6.07, 6.45) is -12.6. The third kappa shape index (κ3) is 3.87. The molecule has 1 saturated carbocycles. The number of ether oxygens (including phenoxy) is 1. The van der Waals surface area contributed by atoms with Crippen molar-refractivity contribution in [1.29, 1.82) is 5.26 Å². The molecule has 34 heavy (non-hydrogen) atoms. The lowest BCUT2D eigenvalue weighted by Crippen LogP contribution is -2.30. The largest absolute Gasteiger partial charge is 0.481 e. The smallest absolute Gasteiger partial charge is 0.421 e. The van der Waals surface area contributed by atoms with E-state index in [1.807, 2.05) is 0 Å². The Labute approximate surface area is 190 Å². The van der Waals surface area contributed by atoms with Crippen LogP contribution in [0.25, 0.3) is 0 Å². The number of aromatic nitrogens is 1. The lowest BCUT2D eigenvalue weighted by Gasteiger charge is -2.19. The Morgan fingerprint density at radius 3 is 2.15 bits per heavy atom. The zero-order chi connectivity index (χ0) is 25.6. The molecular weight excluding hydrogens is 466 g/mol. The molecule has 1 aromatic carbocycles. The SMILES string of the molecule is CC1(C)C(C#N)(C=C(C(F)(F)F)C(F)(F)F)C1(Cc1cccc(Oc2ccccc2)n1)C(=O)O. The molecule has 0 radical (unpaired) electrons. The molecule has 2 unspecified atom stereocenters. The molecule has 1 N–H and O–H groups in total. The Morgan fingerprint density at radius 2 is 1.65 bits per heavy atom. The molecule has 5 nitrogen and oxygen atoms in total. The molecule has 1 heterocycles. The number of nitriles is 1. The van der Waals surface area contributed by atoms with Gasteiger partial charge in [-0.1, -0.05) is 38.1 Å². The van der Waals surface area contributed by atoms with Crippen LogP contribution < -0.4 is 4.74 Å². The van der Waals surface area contributed by atoms with Gasteiger partial charge in [0.05, 0.1) is 11.5 Å². The second kappa shape index (κ2) is 8.04. The first-order valence-electron chi connectivity index (χ1n) is 9.83. The van der Waals surface area contributed by atoms with E-state index in [0.717, 1.165) is 13.8 Å². The summed E-state index contributed by atoms with van der Waals surface area (Å²) < 4.78 is 84.9. The highest BCUT2D eigenvalue weighted by atomic mass is 19.4. The van der Waals surface area contributed by atoms with E-state index in [4.69, 9.17) is 4.74 Å². The van der Waals surface area contributed by atoms with Crippen molar-refractivity contribution < 1.29 is 41.0 Å². The van der Waals surface area contributed by atoms with Gasteiger partial charge in [-0.05, 0) is 24.3 Å². The third-order valence-corrected chi connectivity index (χ3v) is 6.37. The Kier molecular flexibility index (Phi) is 5.93. The average molecular weight is 484 g/mol. The first-order valence-corrected chi connectivity index (χ1v) is 9.83. The summed E-state index contributed by atoms with van der Waals surface area (Å²) in [5, 5.41) is 19.7. The zero-order valence-electron chi connectivity index (χ0n) is 17.8. The lowest BCUT2D eigenvalue weighted by atomic mass is 9.87. The van der Waals surface area contributed by atoms with Gasteiger partial charge < -0.3 is 9.84 Å². The van der Waals surface area contributed by atoms with Gasteiger partial charge in [-0.3, -0.25) is 4.79 Å². The number of carbonyl (C=O) groups is 1. The number of carboxylic acid groups (broad SMARTS) is 1. The van der Waals surface area contributed by atoms with Crippen molar-refractivity contribution in [3.05, 3.63) is 65.9 Å². The molecule has 2 aromatic rings. The topological polar surface area (TPSA) is 83.2 Å². The molecule has 0 saturated heterocycles. The minimum atomic E-state index is -5.84. The normalized spacial score (nSPS) is 23.5. The maximum absolute atomic E-state index is 13.2. The summed E-state index contributed by atoms with van der Waals surface area (Å²) in [5.74, 6) is -1.27. The van der Waals surface area contributed by atoms with Crippen LogP contribution in [0.5, 0.6) is 11.6 Å². The summed E-state index contributed by atoms with van der Waals surface area (Å²) in [7, 11) is 0. The number of alkyl halides is 6. The highest BCUT2D eigenvalue weighted by molar-refractivity contribution is 5.85. The fourth-order valence-corrected chi connectivity index (χ4v) is 4.48. The van der Waals surface area contributed by atoms with Gasteiger partial charge in [0, 0.05) is 23.6 Å². The van der Waals surface area contributed by atoms with E-state index in [2.05, 4.69) is 4.98 Å². The fourth-order valence-electron chi connectivity index (χ4n) is 4.48. The summed E-state index contributed by atoms with van der Waals surface area (Å²) in [6.45, 7) is 2.30. The van der Waals surface area contributed by atoms with Crippen molar-refractivity contribution in [3.63, 3.8) is 0 Å². The lowest BCUT2D eigenvalue weighted by molar-refractivity contribution is -0.173. The molecule has 1 aliphatic rings. The van der Waals surface area contributed by atoms with Gasteiger partial charge in [0.2, 0.25) is 5.88 Å². The predicted molar refractivity (Wildman–Crippen MR) is 107 cm³/mol. The van der Waals surface area contributed by atoms with Crippen LogP contribution in [0, 0.1) is 27.6 Å². The van der Waals surface area contributed by atoms with Crippen molar-refractivity contribution in [2.75, 3.05) is 0 Å². The number of rotatable bonds is 6. The summed E-state index contributed by atoms with van der Waals surface area (Å²) in [6, 6.07) is 14.1. The van der Waals surface area contributed by atoms with Crippen LogP contribution in [0.1, 0.15) is 19.5 Å². The Bertz CT molecular complexity index is 1150. The van der Waals surface area contributed by atoms with Crippen LogP contribution in [0.3, 0.4) is 0 Å². The number of allylic oxidation sites excluding steroid dienone is 2. The van der Waals surface area contributed by atoms with Crippen LogP contribution in [-0.4, -0.2) is 28.4 Å².